The fraction of sp³-hybridized carbons (Fsp3) is 0.105. The zero-order valence-corrected chi connectivity index (χ0v) is 15.3. The van der Waals surface area contributed by atoms with Gasteiger partial charge in [-0.15, -0.1) is 11.3 Å². The van der Waals surface area contributed by atoms with E-state index in [2.05, 4.69) is 21.2 Å². The number of thiophene rings is 1. The second kappa shape index (κ2) is 6.35. The molecule has 1 amide bonds. The Bertz CT molecular complexity index is 985. The van der Waals surface area contributed by atoms with Gasteiger partial charge in [0, 0.05) is 33.7 Å². The molecule has 0 saturated heterocycles. The van der Waals surface area contributed by atoms with Crippen molar-refractivity contribution in [3.05, 3.63) is 74.4 Å². The smallest absolute Gasteiger partial charge is 0.225 e. The molecular formula is C19H12BrF2NOS. The number of anilines is 1. The van der Waals surface area contributed by atoms with Gasteiger partial charge in [-0.05, 0) is 39.7 Å². The first-order chi connectivity index (χ1) is 12.0. The molecular weight excluding hydrogens is 408 g/mol. The van der Waals surface area contributed by atoms with Crippen LogP contribution < -0.4 is 5.32 Å². The number of carbonyl (C=O) groups excluding carboxylic acids is 1. The zero-order chi connectivity index (χ0) is 17.6. The predicted molar refractivity (Wildman–Crippen MR) is 98.9 cm³/mol. The summed E-state index contributed by atoms with van der Waals surface area (Å²) in [4.78, 5) is 13.2. The van der Waals surface area contributed by atoms with E-state index < -0.39 is 0 Å². The lowest BCUT2D eigenvalue weighted by Gasteiger charge is -2.24. The van der Waals surface area contributed by atoms with Crippen LogP contribution in [0.5, 0.6) is 0 Å². The van der Waals surface area contributed by atoms with Crippen molar-refractivity contribution >= 4 is 38.9 Å². The molecule has 0 fully saturated rings. The van der Waals surface area contributed by atoms with Crippen LogP contribution in [0.4, 0.5) is 14.5 Å². The van der Waals surface area contributed by atoms with Crippen molar-refractivity contribution in [3.8, 4) is 11.1 Å². The van der Waals surface area contributed by atoms with Crippen molar-refractivity contribution in [1.82, 2.24) is 0 Å². The molecule has 0 aliphatic carbocycles. The van der Waals surface area contributed by atoms with E-state index in [1.807, 2.05) is 5.38 Å². The molecule has 126 valence electrons. The average Bonchev–Trinajstić information content (AvgIpc) is 3.00. The van der Waals surface area contributed by atoms with Gasteiger partial charge in [-0.25, -0.2) is 8.78 Å². The van der Waals surface area contributed by atoms with Crippen LogP contribution >= 0.6 is 27.3 Å². The normalized spacial score (nSPS) is 16.4. The van der Waals surface area contributed by atoms with E-state index in [1.54, 1.807) is 30.3 Å². The fourth-order valence-corrected chi connectivity index (χ4v) is 4.65. The van der Waals surface area contributed by atoms with Crippen molar-refractivity contribution in [2.45, 2.75) is 12.3 Å². The third-order valence-corrected chi connectivity index (χ3v) is 6.00. The van der Waals surface area contributed by atoms with E-state index in [1.165, 1.54) is 23.5 Å². The van der Waals surface area contributed by atoms with Crippen LogP contribution in [0.3, 0.4) is 0 Å². The van der Waals surface area contributed by atoms with Gasteiger partial charge in [-0.3, -0.25) is 4.79 Å². The Hall–Kier alpha value is -2.05. The van der Waals surface area contributed by atoms with Crippen molar-refractivity contribution < 1.29 is 13.6 Å². The molecule has 1 aliphatic rings. The van der Waals surface area contributed by atoms with E-state index in [0.717, 1.165) is 10.4 Å². The first-order valence-electron chi connectivity index (χ1n) is 7.65. The molecule has 4 rings (SSSR count). The Kier molecular flexibility index (Phi) is 4.17. The highest BCUT2D eigenvalue weighted by Crippen LogP contribution is 2.47. The summed E-state index contributed by atoms with van der Waals surface area (Å²) in [6.45, 7) is 0. The van der Waals surface area contributed by atoms with Gasteiger partial charge < -0.3 is 5.32 Å². The Labute approximate surface area is 155 Å². The number of hydrogen-bond donors (Lipinski definition) is 1. The Morgan fingerprint density at radius 2 is 1.88 bits per heavy atom. The topological polar surface area (TPSA) is 29.1 Å². The van der Waals surface area contributed by atoms with Gasteiger partial charge in [0.25, 0.3) is 0 Å². The standard InChI is InChI=1S/C19H12BrF2NOS/c20-14-7-10(5-6-16(14)22)12-8-17(24)23-18-13(9-25-19(12)18)11-3-1-2-4-15(11)21/h1-7,9,12H,8H2,(H,23,24). The molecule has 1 unspecified atom stereocenters. The molecule has 1 N–H and O–H groups in total. The maximum absolute atomic E-state index is 14.2. The number of carbonyl (C=O) groups is 1. The summed E-state index contributed by atoms with van der Waals surface area (Å²) in [6, 6.07) is 11.3. The monoisotopic (exact) mass is 419 g/mol. The maximum atomic E-state index is 14.2. The quantitative estimate of drug-likeness (QED) is 0.547. The number of benzene rings is 2. The lowest BCUT2D eigenvalue weighted by Crippen LogP contribution is -2.22. The molecule has 25 heavy (non-hydrogen) atoms. The Morgan fingerprint density at radius 1 is 1.08 bits per heavy atom. The van der Waals surface area contributed by atoms with Crippen LogP contribution in [0.2, 0.25) is 0 Å². The molecule has 1 aromatic heterocycles. The van der Waals surface area contributed by atoms with Gasteiger partial charge in [0.05, 0.1) is 10.2 Å². The van der Waals surface area contributed by atoms with Crippen molar-refractivity contribution in [2.75, 3.05) is 5.32 Å². The van der Waals surface area contributed by atoms with E-state index in [9.17, 15) is 13.6 Å². The lowest BCUT2D eigenvalue weighted by molar-refractivity contribution is -0.116. The summed E-state index contributed by atoms with van der Waals surface area (Å²) in [5.74, 6) is -0.980. The molecule has 1 aliphatic heterocycles. The van der Waals surface area contributed by atoms with Gasteiger partial charge >= 0.3 is 0 Å². The van der Waals surface area contributed by atoms with Crippen molar-refractivity contribution in [3.63, 3.8) is 0 Å². The highest BCUT2D eigenvalue weighted by molar-refractivity contribution is 9.10. The van der Waals surface area contributed by atoms with E-state index in [4.69, 9.17) is 0 Å². The number of hydrogen-bond acceptors (Lipinski definition) is 2. The van der Waals surface area contributed by atoms with E-state index in [0.29, 0.717) is 21.3 Å². The van der Waals surface area contributed by atoms with Crippen molar-refractivity contribution in [1.29, 1.82) is 0 Å². The first kappa shape index (κ1) is 16.4. The predicted octanol–water partition coefficient (Wildman–Crippen LogP) is 5.93. The number of nitrogens with one attached hydrogen (secondary N) is 1. The highest BCUT2D eigenvalue weighted by atomic mass is 79.9. The molecule has 2 nitrogen and oxygen atoms in total. The summed E-state index contributed by atoms with van der Waals surface area (Å²) < 4.78 is 28.1. The Morgan fingerprint density at radius 3 is 2.64 bits per heavy atom. The Balaban J connectivity index is 1.84. The van der Waals surface area contributed by atoms with Gasteiger partial charge in [0.1, 0.15) is 11.6 Å². The maximum Gasteiger partial charge on any atom is 0.225 e. The summed E-state index contributed by atoms with van der Waals surface area (Å²) in [7, 11) is 0. The molecule has 2 heterocycles. The average molecular weight is 420 g/mol. The summed E-state index contributed by atoms with van der Waals surface area (Å²) in [5.41, 5.74) is 2.64. The minimum absolute atomic E-state index is 0.131. The van der Waals surface area contributed by atoms with Crippen LogP contribution in [0.1, 0.15) is 22.8 Å². The van der Waals surface area contributed by atoms with Crippen molar-refractivity contribution in [2.24, 2.45) is 0 Å². The summed E-state index contributed by atoms with van der Waals surface area (Å²) in [6.07, 6.45) is 0.280. The largest absolute Gasteiger partial charge is 0.325 e. The number of amides is 1. The third kappa shape index (κ3) is 2.89. The summed E-state index contributed by atoms with van der Waals surface area (Å²) in [5, 5.41) is 4.74. The van der Waals surface area contributed by atoms with Gasteiger partial charge in [-0.2, -0.15) is 0 Å². The lowest BCUT2D eigenvalue weighted by atomic mass is 9.89. The molecule has 1 atom stereocenters. The second-order valence-corrected chi connectivity index (χ2v) is 7.61. The highest BCUT2D eigenvalue weighted by Gasteiger charge is 2.31. The summed E-state index contributed by atoms with van der Waals surface area (Å²) >= 11 is 4.68. The van der Waals surface area contributed by atoms with Crippen LogP contribution in [-0.2, 0) is 4.79 Å². The minimum atomic E-state index is -0.345. The molecule has 0 radical (unpaired) electrons. The molecule has 3 aromatic rings. The number of halogens is 3. The van der Waals surface area contributed by atoms with Gasteiger partial charge in [0.2, 0.25) is 5.91 Å². The zero-order valence-electron chi connectivity index (χ0n) is 12.9. The first-order valence-corrected chi connectivity index (χ1v) is 9.33. The molecule has 0 spiro atoms. The van der Waals surface area contributed by atoms with Crippen LogP contribution in [0, 0.1) is 11.6 Å². The minimum Gasteiger partial charge on any atom is -0.325 e. The van der Waals surface area contributed by atoms with E-state index >= 15 is 0 Å². The van der Waals surface area contributed by atoms with Crippen LogP contribution in [0.25, 0.3) is 11.1 Å². The second-order valence-electron chi connectivity index (χ2n) is 5.85. The van der Waals surface area contributed by atoms with Crippen LogP contribution in [0.15, 0.2) is 52.3 Å². The fourth-order valence-electron chi connectivity index (χ4n) is 3.10. The van der Waals surface area contributed by atoms with Crippen LogP contribution in [-0.4, -0.2) is 5.91 Å². The third-order valence-electron chi connectivity index (χ3n) is 4.30. The molecule has 0 bridgehead atoms. The SMILES string of the molecule is O=C1CC(c2ccc(F)c(Br)c2)c2scc(-c3ccccc3F)c2N1. The molecule has 0 saturated carbocycles. The van der Waals surface area contributed by atoms with E-state index in [-0.39, 0.29) is 29.9 Å². The van der Waals surface area contributed by atoms with Gasteiger partial charge in [-0.1, -0.05) is 24.3 Å². The van der Waals surface area contributed by atoms with Gasteiger partial charge in [0.15, 0.2) is 0 Å². The number of rotatable bonds is 2. The molecule has 2 aromatic carbocycles. The number of fused-ring (bicyclic) bond motifs is 1. The molecule has 6 heteroatoms.